The number of carbonyl (C=O) groups excluding carboxylic acids is 1. The highest BCUT2D eigenvalue weighted by molar-refractivity contribution is 9.10. The number of para-hydroxylation sites is 1. The molecule has 0 aliphatic carbocycles. The van der Waals surface area contributed by atoms with E-state index in [-0.39, 0.29) is 5.91 Å². The van der Waals surface area contributed by atoms with Crippen LogP contribution in [0.2, 0.25) is 0 Å². The Kier molecular flexibility index (Phi) is 4.91. The fourth-order valence-electron chi connectivity index (χ4n) is 2.75. The van der Waals surface area contributed by atoms with Gasteiger partial charge in [-0.1, -0.05) is 19.1 Å². The molecule has 23 heavy (non-hydrogen) atoms. The minimum Gasteiger partial charge on any atom is -0.355 e. The fraction of sp³-hybridized carbons (Fsp3) is 0.353. The van der Waals surface area contributed by atoms with E-state index in [1.165, 1.54) is 12.8 Å². The molecule has 1 aliphatic heterocycles. The van der Waals surface area contributed by atoms with Gasteiger partial charge in [-0.2, -0.15) is 0 Å². The highest BCUT2D eigenvalue weighted by atomic mass is 79.9. The summed E-state index contributed by atoms with van der Waals surface area (Å²) in [5.41, 5.74) is 1.03. The van der Waals surface area contributed by atoms with Crippen LogP contribution in [0.3, 0.4) is 0 Å². The lowest BCUT2D eigenvalue weighted by molar-refractivity contribution is 0.102. The van der Waals surface area contributed by atoms with E-state index < -0.39 is 0 Å². The molecule has 0 radical (unpaired) electrons. The smallest absolute Gasteiger partial charge is 0.275 e. The monoisotopic (exact) mass is 374 g/mol. The normalized spacial score (nSPS) is 17.8. The first-order valence-electron chi connectivity index (χ1n) is 7.76. The molecule has 1 saturated heterocycles. The number of benzene rings is 1. The van der Waals surface area contributed by atoms with Crippen LogP contribution in [-0.2, 0) is 0 Å². The van der Waals surface area contributed by atoms with E-state index >= 15 is 0 Å². The number of amides is 1. The Morgan fingerprint density at radius 1 is 1.30 bits per heavy atom. The highest BCUT2D eigenvalue weighted by Gasteiger charge is 2.18. The second-order valence-corrected chi connectivity index (χ2v) is 6.74. The second-order valence-electron chi connectivity index (χ2n) is 5.89. The van der Waals surface area contributed by atoms with Crippen LogP contribution in [0.15, 0.2) is 41.1 Å². The molecule has 1 atom stereocenters. The molecule has 3 rings (SSSR count). The summed E-state index contributed by atoms with van der Waals surface area (Å²) in [4.78, 5) is 23.2. The quantitative estimate of drug-likeness (QED) is 0.888. The van der Waals surface area contributed by atoms with Crippen LogP contribution >= 0.6 is 15.9 Å². The molecule has 1 N–H and O–H groups in total. The minimum atomic E-state index is -0.261. The zero-order valence-electron chi connectivity index (χ0n) is 13.0. The summed E-state index contributed by atoms with van der Waals surface area (Å²) >= 11 is 3.41. The molecule has 1 fully saturated rings. The number of hydrogen-bond acceptors (Lipinski definition) is 4. The molecule has 0 spiro atoms. The van der Waals surface area contributed by atoms with Crippen LogP contribution in [0.1, 0.15) is 30.3 Å². The molecule has 5 nitrogen and oxygen atoms in total. The maximum atomic E-state index is 12.3. The van der Waals surface area contributed by atoms with Gasteiger partial charge in [0, 0.05) is 17.6 Å². The molecule has 1 amide bonds. The molecule has 1 unspecified atom stereocenters. The molecule has 0 bridgehead atoms. The number of piperidine rings is 1. The molecular formula is C17H19BrN4O. The predicted molar refractivity (Wildman–Crippen MR) is 94.7 cm³/mol. The Bertz CT molecular complexity index is 689. The van der Waals surface area contributed by atoms with Gasteiger partial charge in [-0.3, -0.25) is 4.79 Å². The Morgan fingerprint density at radius 3 is 2.83 bits per heavy atom. The number of halogens is 1. The van der Waals surface area contributed by atoms with Crippen molar-refractivity contribution in [2.24, 2.45) is 5.92 Å². The van der Waals surface area contributed by atoms with E-state index in [9.17, 15) is 4.79 Å². The Morgan fingerprint density at radius 2 is 2.13 bits per heavy atom. The number of carbonyl (C=O) groups is 1. The average molecular weight is 375 g/mol. The van der Waals surface area contributed by atoms with E-state index in [1.807, 2.05) is 24.3 Å². The van der Waals surface area contributed by atoms with Gasteiger partial charge >= 0.3 is 0 Å². The van der Waals surface area contributed by atoms with Crippen molar-refractivity contribution in [3.63, 3.8) is 0 Å². The zero-order chi connectivity index (χ0) is 16.2. The summed E-state index contributed by atoms with van der Waals surface area (Å²) in [6, 6.07) is 7.47. The van der Waals surface area contributed by atoms with Crippen LogP contribution in [0, 0.1) is 5.92 Å². The maximum Gasteiger partial charge on any atom is 0.275 e. The number of nitrogens with one attached hydrogen (secondary N) is 1. The van der Waals surface area contributed by atoms with Crippen LogP contribution in [0.4, 0.5) is 11.5 Å². The molecule has 6 heteroatoms. The van der Waals surface area contributed by atoms with Gasteiger partial charge < -0.3 is 10.2 Å². The van der Waals surface area contributed by atoms with Crippen molar-refractivity contribution in [2.45, 2.75) is 19.8 Å². The summed E-state index contributed by atoms with van der Waals surface area (Å²) in [6.07, 6.45) is 5.66. The van der Waals surface area contributed by atoms with Gasteiger partial charge in [0.25, 0.3) is 5.91 Å². The molecule has 120 valence electrons. The second kappa shape index (κ2) is 7.08. The summed E-state index contributed by atoms with van der Waals surface area (Å²) in [7, 11) is 0. The third-order valence-electron chi connectivity index (χ3n) is 3.97. The highest BCUT2D eigenvalue weighted by Crippen LogP contribution is 2.22. The van der Waals surface area contributed by atoms with E-state index in [0.717, 1.165) is 23.4 Å². The Hall–Kier alpha value is -1.95. The largest absolute Gasteiger partial charge is 0.355 e. The summed E-state index contributed by atoms with van der Waals surface area (Å²) < 4.78 is 0.834. The average Bonchev–Trinajstić information content (AvgIpc) is 2.57. The first kappa shape index (κ1) is 15.9. The van der Waals surface area contributed by atoms with Crippen molar-refractivity contribution in [3.8, 4) is 0 Å². The van der Waals surface area contributed by atoms with Gasteiger partial charge in [-0.05, 0) is 46.8 Å². The van der Waals surface area contributed by atoms with E-state index in [0.29, 0.717) is 17.3 Å². The first-order valence-corrected chi connectivity index (χ1v) is 8.55. The zero-order valence-corrected chi connectivity index (χ0v) is 14.6. The maximum absolute atomic E-state index is 12.3. The molecule has 1 aromatic heterocycles. The van der Waals surface area contributed by atoms with E-state index in [1.54, 1.807) is 12.4 Å². The van der Waals surface area contributed by atoms with Crippen molar-refractivity contribution >= 4 is 33.3 Å². The van der Waals surface area contributed by atoms with Crippen LogP contribution in [-0.4, -0.2) is 29.0 Å². The lowest BCUT2D eigenvalue weighted by Gasteiger charge is -2.31. The first-order chi connectivity index (χ1) is 11.1. The SMILES string of the molecule is CC1CCCN(c2cnc(C(=O)Nc3ccccc3Br)cn2)C1. The van der Waals surface area contributed by atoms with Crippen LogP contribution < -0.4 is 10.2 Å². The van der Waals surface area contributed by atoms with Crippen LogP contribution in [0.25, 0.3) is 0 Å². The van der Waals surface area contributed by atoms with Gasteiger partial charge in [0.15, 0.2) is 0 Å². The number of hydrogen-bond donors (Lipinski definition) is 1. The number of rotatable bonds is 3. The van der Waals surface area contributed by atoms with Crippen molar-refractivity contribution < 1.29 is 4.79 Å². The molecule has 1 aromatic carbocycles. The van der Waals surface area contributed by atoms with Gasteiger partial charge in [-0.25, -0.2) is 9.97 Å². The van der Waals surface area contributed by atoms with Crippen LogP contribution in [0.5, 0.6) is 0 Å². The lowest BCUT2D eigenvalue weighted by atomic mass is 10.0. The summed E-state index contributed by atoms with van der Waals surface area (Å²) in [5.74, 6) is 1.25. The standard InChI is InChI=1S/C17H19BrN4O/c1-12-5-4-8-22(11-12)16-10-19-15(9-20-16)17(23)21-14-7-3-2-6-13(14)18/h2-3,6-7,9-10,12H,4-5,8,11H2,1H3,(H,21,23). The molecule has 2 heterocycles. The number of anilines is 2. The fourth-order valence-corrected chi connectivity index (χ4v) is 3.13. The number of aromatic nitrogens is 2. The Balaban J connectivity index is 1.69. The predicted octanol–water partition coefficient (Wildman–Crippen LogP) is 3.73. The van der Waals surface area contributed by atoms with Gasteiger partial charge in [0.1, 0.15) is 11.5 Å². The Labute approximate surface area is 144 Å². The molecule has 1 aliphatic rings. The molecule has 2 aromatic rings. The molecule has 0 saturated carbocycles. The minimum absolute atomic E-state index is 0.261. The van der Waals surface area contributed by atoms with E-state index in [4.69, 9.17) is 0 Å². The van der Waals surface area contributed by atoms with Gasteiger partial charge in [0.2, 0.25) is 0 Å². The van der Waals surface area contributed by atoms with Crippen molar-refractivity contribution in [1.82, 2.24) is 9.97 Å². The van der Waals surface area contributed by atoms with Crippen molar-refractivity contribution in [2.75, 3.05) is 23.3 Å². The molecular weight excluding hydrogens is 356 g/mol. The topological polar surface area (TPSA) is 58.1 Å². The van der Waals surface area contributed by atoms with E-state index in [2.05, 4.69) is 43.0 Å². The number of nitrogens with zero attached hydrogens (tertiary/aromatic N) is 3. The van der Waals surface area contributed by atoms with Crippen molar-refractivity contribution in [3.05, 3.63) is 46.8 Å². The van der Waals surface area contributed by atoms with Crippen molar-refractivity contribution in [1.29, 1.82) is 0 Å². The third kappa shape index (κ3) is 3.88. The lowest BCUT2D eigenvalue weighted by Crippen LogP contribution is -2.35. The third-order valence-corrected chi connectivity index (χ3v) is 4.67. The summed E-state index contributed by atoms with van der Waals surface area (Å²) in [5, 5.41) is 2.83. The van der Waals surface area contributed by atoms with Gasteiger partial charge in [0.05, 0.1) is 18.1 Å². The van der Waals surface area contributed by atoms with Gasteiger partial charge in [-0.15, -0.1) is 0 Å². The summed E-state index contributed by atoms with van der Waals surface area (Å²) in [6.45, 7) is 4.25.